The van der Waals surface area contributed by atoms with Crippen molar-refractivity contribution in [2.24, 2.45) is 0 Å². The van der Waals surface area contributed by atoms with Gasteiger partial charge >= 0.3 is 0 Å². The van der Waals surface area contributed by atoms with Gasteiger partial charge in [-0.3, -0.25) is 0 Å². The van der Waals surface area contributed by atoms with Crippen LogP contribution in [0.15, 0.2) is 29.2 Å². The average molecular weight is 316 g/mol. The Morgan fingerprint density at radius 1 is 1.40 bits per heavy atom. The lowest BCUT2D eigenvalue weighted by atomic mass is 10.2. The summed E-state index contributed by atoms with van der Waals surface area (Å²) in [4.78, 5) is 0.259. The van der Waals surface area contributed by atoms with E-state index in [9.17, 15) is 8.42 Å². The number of benzene rings is 1. The summed E-state index contributed by atoms with van der Waals surface area (Å²) in [7, 11) is -1.63. The van der Waals surface area contributed by atoms with E-state index in [4.69, 9.17) is 5.26 Å². The fourth-order valence-electron chi connectivity index (χ4n) is 2.40. The van der Waals surface area contributed by atoms with Crippen molar-refractivity contribution >= 4 is 22.4 Å². The number of nitrogens with zero attached hydrogens (tertiary/aromatic N) is 2. The molecule has 2 rings (SSSR count). The Hall–Kier alpha value is -1.13. The Bertz CT molecular complexity index is 581. The van der Waals surface area contributed by atoms with Crippen LogP contribution >= 0.6 is 12.4 Å². The molecule has 7 heteroatoms. The molecule has 0 radical (unpaired) electrons. The predicted molar refractivity (Wildman–Crippen MR) is 79.2 cm³/mol. The number of nitriles is 1. The molecule has 110 valence electrons. The topological polar surface area (TPSA) is 73.2 Å². The van der Waals surface area contributed by atoms with Gasteiger partial charge in [-0.15, -0.1) is 12.4 Å². The highest BCUT2D eigenvalue weighted by molar-refractivity contribution is 7.89. The molecule has 1 unspecified atom stereocenters. The molecule has 1 atom stereocenters. The molecule has 0 bridgehead atoms. The second-order valence-electron chi connectivity index (χ2n) is 4.61. The number of sulfonamides is 1. The first kappa shape index (κ1) is 16.9. The minimum atomic E-state index is -3.45. The second-order valence-corrected chi connectivity index (χ2v) is 6.50. The Morgan fingerprint density at radius 3 is 2.60 bits per heavy atom. The molecule has 0 aromatic heterocycles. The summed E-state index contributed by atoms with van der Waals surface area (Å²) in [6, 6.07) is 8.09. The fourth-order valence-corrected chi connectivity index (χ4v) is 4.09. The third kappa shape index (κ3) is 3.30. The van der Waals surface area contributed by atoms with E-state index in [-0.39, 0.29) is 23.3 Å². The van der Waals surface area contributed by atoms with Crippen LogP contribution in [-0.4, -0.2) is 38.9 Å². The van der Waals surface area contributed by atoms with Gasteiger partial charge in [0.1, 0.15) is 0 Å². The van der Waals surface area contributed by atoms with Gasteiger partial charge in [0, 0.05) is 19.1 Å². The van der Waals surface area contributed by atoms with Gasteiger partial charge in [-0.25, -0.2) is 8.42 Å². The fraction of sp³-hybridized carbons (Fsp3) is 0.462. The molecule has 1 heterocycles. The maximum Gasteiger partial charge on any atom is 0.243 e. The first-order chi connectivity index (χ1) is 9.09. The lowest BCUT2D eigenvalue weighted by Gasteiger charge is -2.23. The van der Waals surface area contributed by atoms with Gasteiger partial charge in [-0.2, -0.15) is 9.57 Å². The van der Waals surface area contributed by atoms with E-state index in [2.05, 4.69) is 5.32 Å². The third-order valence-electron chi connectivity index (χ3n) is 3.35. The van der Waals surface area contributed by atoms with E-state index in [0.717, 1.165) is 12.8 Å². The van der Waals surface area contributed by atoms with Gasteiger partial charge in [0.15, 0.2) is 0 Å². The maximum atomic E-state index is 12.5. The van der Waals surface area contributed by atoms with Crippen LogP contribution in [0.1, 0.15) is 18.4 Å². The van der Waals surface area contributed by atoms with Crippen LogP contribution in [0.4, 0.5) is 0 Å². The standard InChI is InChI=1S/C13H17N3O2S.ClH/c1-15-10-12-3-2-8-16(12)19(17,18)13-6-4-11(9-14)5-7-13;/h4-7,12,15H,2-3,8,10H2,1H3;1H. The Kier molecular flexibility index (Phi) is 5.96. The molecule has 1 saturated heterocycles. The van der Waals surface area contributed by atoms with Gasteiger partial charge in [0.05, 0.1) is 16.5 Å². The van der Waals surface area contributed by atoms with E-state index in [1.165, 1.54) is 24.3 Å². The minimum Gasteiger partial charge on any atom is -0.318 e. The largest absolute Gasteiger partial charge is 0.318 e. The highest BCUT2D eigenvalue weighted by Gasteiger charge is 2.34. The summed E-state index contributed by atoms with van der Waals surface area (Å²) >= 11 is 0. The van der Waals surface area contributed by atoms with Crippen LogP contribution < -0.4 is 5.32 Å². The number of rotatable bonds is 4. The van der Waals surface area contributed by atoms with Crippen LogP contribution in [-0.2, 0) is 10.0 Å². The van der Waals surface area contributed by atoms with Crippen molar-refractivity contribution in [1.29, 1.82) is 5.26 Å². The minimum absolute atomic E-state index is 0. The monoisotopic (exact) mass is 315 g/mol. The van der Waals surface area contributed by atoms with Gasteiger partial charge < -0.3 is 5.32 Å². The second kappa shape index (κ2) is 7.04. The molecule has 0 amide bonds. The molecule has 0 aliphatic carbocycles. The van der Waals surface area contributed by atoms with Crippen molar-refractivity contribution in [2.75, 3.05) is 20.1 Å². The Morgan fingerprint density at radius 2 is 2.05 bits per heavy atom. The van der Waals surface area contributed by atoms with E-state index in [0.29, 0.717) is 18.7 Å². The first-order valence-corrected chi connectivity index (χ1v) is 7.70. The van der Waals surface area contributed by atoms with E-state index in [1.54, 1.807) is 4.31 Å². The summed E-state index contributed by atoms with van der Waals surface area (Å²) in [6.45, 7) is 1.23. The molecule has 1 aromatic carbocycles. The zero-order chi connectivity index (χ0) is 13.9. The first-order valence-electron chi connectivity index (χ1n) is 6.26. The molecular formula is C13H18ClN3O2S. The number of hydrogen-bond acceptors (Lipinski definition) is 4. The number of likely N-dealkylation sites (N-methyl/N-ethyl adjacent to an activating group) is 1. The molecule has 20 heavy (non-hydrogen) atoms. The molecule has 0 spiro atoms. The molecule has 1 aliphatic heterocycles. The van der Waals surface area contributed by atoms with E-state index in [1.807, 2.05) is 13.1 Å². The summed E-state index contributed by atoms with van der Waals surface area (Å²) in [5.41, 5.74) is 0.465. The van der Waals surface area contributed by atoms with Crippen LogP contribution in [0.25, 0.3) is 0 Å². The SMILES string of the molecule is CNCC1CCCN1S(=O)(=O)c1ccc(C#N)cc1.Cl. The van der Waals surface area contributed by atoms with Crippen molar-refractivity contribution in [3.05, 3.63) is 29.8 Å². The van der Waals surface area contributed by atoms with Crippen molar-refractivity contribution in [3.8, 4) is 6.07 Å². The molecular weight excluding hydrogens is 298 g/mol. The third-order valence-corrected chi connectivity index (χ3v) is 5.32. The lowest BCUT2D eigenvalue weighted by molar-refractivity contribution is 0.379. The normalized spacial score (nSPS) is 19.3. The molecule has 5 nitrogen and oxygen atoms in total. The lowest BCUT2D eigenvalue weighted by Crippen LogP contribution is -2.40. The van der Waals surface area contributed by atoms with Gasteiger partial charge in [-0.1, -0.05) is 0 Å². The van der Waals surface area contributed by atoms with Crippen LogP contribution in [0, 0.1) is 11.3 Å². The highest BCUT2D eigenvalue weighted by atomic mass is 35.5. The maximum absolute atomic E-state index is 12.5. The number of halogens is 1. The van der Waals surface area contributed by atoms with Crippen molar-refractivity contribution in [2.45, 2.75) is 23.8 Å². The van der Waals surface area contributed by atoms with Crippen LogP contribution in [0.2, 0.25) is 0 Å². The Balaban J connectivity index is 0.00000200. The van der Waals surface area contributed by atoms with E-state index >= 15 is 0 Å². The quantitative estimate of drug-likeness (QED) is 0.910. The van der Waals surface area contributed by atoms with Crippen molar-refractivity contribution in [3.63, 3.8) is 0 Å². The zero-order valence-corrected chi connectivity index (χ0v) is 12.9. The molecule has 1 N–H and O–H groups in total. The number of nitrogens with one attached hydrogen (secondary N) is 1. The highest BCUT2D eigenvalue weighted by Crippen LogP contribution is 2.25. The van der Waals surface area contributed by atoms with Crippen molar-refractivity contribution < 1.29 is 8.42 Å². The summed E-state index contributed by atoms with van der Waals surface area (Å²) in [6.07, 6.45) is 1.78. The van der Waals surface area contributed by atoms with Gasteiger partial charge in [0.25, 0.3) is 0 Å². The Labute approximate surface area is 126 Å². The molecule has 1 aromatic rings. The number of hydrogen-bond donors (Lipinski definition) is 1. The van der Waals surface area contributed by atoms with E-state index < -0.39 is 10.0 Å². The smallest absolute Gasteiger partial charge is 0.243 e. The van der Waals surface area contributed by atoms with Crippen LogP contribution in [0.3, 0.4) is 0 Å². The molecule has 1 fully saturated rings. The van der Waals surface area contributed by atoms with Gasteiger partial charge in [-0.05, 0) is 44.2 Å². The predicted octanol–water partition coefficient (Wildman–Crippen LogP) is 1.35. The van der Waals surface area contributed by atoms with Crippen LogP contribution in [0.5, 0.6) is 0 Å². The molecule has 0 saturated carbocycles. The summed E-state index contributed by atoms with van der Waals surface area (Å²) in [5, 5.41) is 11.8. The summed E-state index contributed by atoms with van der Waals surface area (Å²) < 4.78 is 26.6. The zero-order valence-electron chi connectivity index (χ0n) is 11.2. The van der Waals surface area contributed by atoms with Gasteiger partial charge in [0.2, 0.25) is 10.0 Å². The molecule has 1 aliphatic rings. The van der Waals surface area contributed by atoms with Crippen molar-refractivity contribution in [1.82, 2.24) is 9.62 Å². The average Bonchev–Trinajstić information content (AvgIpc) is 2.88. The summed E-state index contributed by atoms with van der Waals surface area (Å²) in [5.74, 6) is 0.